The van der Waals surface area contributed by atoms with Crippen LogP contribution in [-0.2, 0) is 27.9 Å². The Labute approximate surface area is 414 Å². The van der Waals surface area contributed by atoms with E-state index in [1.807, 2.05) is 21.1 Å². The van der Waals surface area contributed by atoms with E-state index in [1.54, 1.807) is 0 Å². The summed E-state index contributed by atoms with van der Waals surface area (Å²) in [7, 11) is 1.65. The molecule has 0 saturated heterocycles. The van der Waals surface area contributed by atoms with Crippen LogP contribution in [-0.4, -0.2) is 75.6 Å². The fourth-order valence-electron chi connectivity index (χ4n) is 7.26. The molecule has 0 aliphatic rings. The zero-order chi connectivity index (χ0) is 49.0. The number of carbonyl (C=O) groups excluding carboxylic acids is 1. The van der Waals surface area contributed by atoms with Crippen molar-refractivity contribution in [3.63, 3.8) is 0 Å². The predicted octanol–water partition coefficient (Wildman–Crippen LogP) is 17.2. The van der Waals surface area contributed by atoms with Gasteiger partial charge in [0.25, 0.3) is 0 Å². The Balaban J connectivity index is 4.13. The van der Waals surface area contributed by atoms with Crippen molar-refractivity contribution in [3.8, 4) is 0 Å². The monoisotopic (exact) mass is 959 g/mol. The molecule has 0 aromatic heterocycles. The highest BCUT2D eigenvalue weighted by atomic mass is 31.2. The van der Waals surface area contributed by atoms with E-state index in [9.17, 15) is 14.3 Å². The summed E-state index contributed by atoms with van der Waals surface area (Å²) < 4.78 is 35.2. The van der Waals surface area contributed by atoms with Crippen molar-refractivity contribution in [2.75, 3.05) is 54.1 Å². The van der Waals surface area contributed by atoms with Crippen LogP contribution in [0.3, 0.4) is 0 Å². The van der Waals surface area contributed by atoms with E-state index in [1.165, 1.54) is 116 Å². The van der Waals surface area contributed by atoms with Gasteiger partial charge in [-0.15, -0.1) is 0 Å². The molecule has 0 saturated carbocycles. The number of unbranched alkanes of at least 4 members (excludes halogenated alkanes) is 22. The number of carbonyl (C=O) groups is 1. The average molecular weight is 959 g/mol. The zero-order valence-corrected chi connectivity index (χ0v) is 45.0. The van der Waals surface area contributed by atoms with Gasteiger partial charge < -0.3 is 18.9 Å². The van der Waals surface area contributed by atoms with Gasteiger partial charge in [-0.1, -0.05) is 208 Å². The van der Waals surface area contributed by atoms with E-state index in [0.717, 1.165) is 83.5 Å². The molecule has 0 heterocycles. The molecular weight excluding hydrogens is 854 g/mol. The van der Waals surface area contributed by atoms with E-state index >= 15 is 0 Å². The smallest absolute Gasteiger partial charge is 0.457 e. The van der Waals surface area contributed by atoms with Crippen molar-refractivity contribution in [3.05, 3.63) is 85.1 Å². The molecule has 2 atom stereocenters. The van der Waals surface area contributed by atoms with Crippen molar-refractivity contribution in [1.82, 2.24) is 0 Å². The van der Waals surface area contributed by atoms with Crippen LogP contribution in [0.25, 0.3) is 0 Å². The Morgan fingerprint density at radius 2 is 0.866 bits per heavy atom. The SMILES string of the molecule is CC/C=C\C/C=C\C/C=C\C/C=C\CCCCCCCCC(=O)OC(COCCCCCCCCCCCCC/C=C\C/C=C\C/C=C\CCCCCCC)COP(=O)(O)OCC[N+](C)(C)C. The Hall–Kier alpha value is -2.32. The van der Waals surface area contributed by atoms with Crippen LogP contribution in [0, 0.1) is 0 Å². The summed E-state index contributed by atoms with van der Waals surface area (Å²) >= 11 is 0. The molecule has 0 aromatic rings. The summed E-state index contributed by atoms with van der Waals surface area (Å²) in [5.74, 6) is -0.330. The molecule has 0 radical (unpaired) electrons. The van der Waals surface area contributed by atoms with Crippen LogP contribution >= 0.6 is 7.82 Å². The van der Waals surface area contributed by atoms with E-state index in [2.05, 4.69) is 98.9 Å². The first kappa shape index (κ1) is 64.7. The molecule has 0 rings (SSSR count). The minimum Gasteiger partial charge on any atom is -0.457 e. The molecule has 8 nitrogen and oxygen atoms in total. The number of quaternary nitrogens is 1. The molecule has 67 heavy (non-hydrogen) atoms. The normalized spacial score (nSPS) is 14.2. The number of rotatable bonds is 50. The van der Waals surface area contributed by atoms with Gasteiger partial charge in [-0.2, -0.15) is 0 Å². The van der Waals surface area contributed by atoms with Crippen molar-refractivity contribution in [2.45, 2.75) is 225 Å². The largest absolute Gasteiger partial charge is 0.472 e. The maximum Gasteiger partial charge on any atom is 0.472 e. The molecule has 0 aliphatic carbocycles. The third-order valence-corrected chi connectivity index (χ3v) is 12.4. The molecule has 9 heteroatoms. The number of nitrogens with zero attached hydrogens (tertiary/aromatic N) is 1. The number of esters is 1. The maximum absolute atomic E-state index is 12.8. The number of hydrogen-bond donors (Lipinski definition) is 1. The van der Waals surface area contributed by atoms with Gasteiger partial charge in [0.2, 0.25) is 0 Å². The Morgan fingerprint density at radius 3 is 1.30 bits per heavy atom. The summed E-state index contributed by atoms with van der Waals surface area (Å²) in [5.41, 5.74) is 0. The molecule has 2 unspecified atom stereocenters. The molecule has 1 N–H and O–H groups in total. The first-order valence-corrected chi connectivity index (χ1v) is 28.8. The number of likely N-dealkylation sites (N-methyl/N-ethyl adjacent to an activating group) is 1. The second-order valence-corrected chi connectivity index (χ2v) is 20.7. The minimum absolute atomic E-state index is 0.0808. The van der Waals surface area contributed by atoms with Gasteiger partial charge in [-0.25, -0.2) is 4.57 Å². The van der Waals surface area contributed by atoms with Gasteiger partial charge in [0.1, 0.15) is 19.3 Å². The number of hydrogen-bond acceptors (Lipinski definition) is 6. The zero-order valence-electron chi connectivity index (χ0n) is 44.1. The van der Waals surface area contributed by atoms with Crippen molar-refractivity contribution in [2.24, 2.45) is 0 Å². The Morgan fingerprint density at radius 1 is 0.478 bits per heavy atom. The lowest BCUT2D eigenvalue weighted by Gasteiger charge is -2.24. The van der Waals surface area contributed by atoms with Gasteiger partial charge in [-0.05, 0) is 89.9 Å². The summed E-state index contributed by atoms with van der Waals surface area (Å²) in [6.45, 7) is 5.47. The summed E-state index contributed by atoms with van der Waals surface area (Å²) in [4.78, 5) is 23.0. The average Bonchev–Trinajstić information content (AvgIpc) is 3.29. The van der Waals surface area contributed by atoms with Crippen LogP contribution in [0.15, 0.2) is 85.1 Å². The highest BCUT2D eigenvalue weighted by Gasteiger charge is 2.26. The molecule has 0 spiro atoms. The molecule has 0 aliphatic heterocycles. The summed E-state index contributed by atoms with van der Waals surface area (Å²) in [6, 6.07) is 0. The number of phosphoric acid groups is 1. The molecule has 0 fully saturated rings. The lowest BCUT2D eigenvalue weighted by molar-refractivity contribution is -0.870. The van der Waals surface area contributed by atoms with Crippen molar-refractivity contribution >= 4 is 13.8 Å². The lowest BCUT2D eigenvalue weighted by atomic mass is 10.1. The third kappa shape index (κ3) is 54.5. The van der Waals surface area contributed by atoms with E-state index in [-0.39, 0.29) is 25.8 Å². The standard InChI is InChI=1S/C58H104NO7P/c1-6-8-10-12-14-16-18-20-22-24-26-27-28-29-30-31-32-34-36-38-40-42-44-46-48-50-53-63-55-57(56-65-67(61,62)64-54-52-59(3,4)5)66-58(60)51-49-47-45-43-41-39-37-35-33-25-23-21-19-17-15-13-11-9-7-2/h9,11,15,17-18,20-21,23-24,26,28-29,33,35,57H,6-8,10,12-14,16,19,22,25,27,30-32,34,36-56H2,1-5H3/p+1/b11-9-,17-15-,20-18-,23-21-,26-24-,29-28-,35-33-. The minimum atomic E-state index is -4.29. The van der Waals surface area contributed by atoms with Gasteiger partial charge >= 0.3 is 13.8 Å². The fraction of sp³-hybridized carbons (Fsp3) is 0.741. The number of phosphoric ester groups is 1. The van der Waals surface area contributed by atoms with E-state index in [0.29, 0.717) is 24.1 Å². The van der Waals surface area contributed by atoms with Crippen LogP contribution < -0.4 is 0 Å². The molecule has 0 amide bonds. The van der Waals surface area contributed by atoms with Crippen molar-refractivity contribution < 1.29 is 37.3 Å². The highest BCUT2D eigenvalue weighted by Crippen LogP contribution is 2.43. The number of ether oxygens (including phenoxy) is 2. The van der Waals surface area contributed by atoms with Gasteiger partial charge in [0.15, 0.2) is 0 Å². The van der Waals surface area contributed by atoms with E-state index < -0.39 is 13.9 Å². The Kier molecular flexibility index (Phi) is 48.3. The fourth-order valence-corrected chi connectivity index (χ4v) is 8.00. The maximum atomic E-state index is 12.8. The van der Waals surface area contributed by atoms with Gasteiger partial charge in [0, 0.05) is 13.0 Å². The predicted molar refractivity (Wildman–Crippen MR) is 288 cm³/mol. The second-order valence-electron chi connectivity index (χ2n) is 19.2. The second kappa shape index (κ2) is 50.1. The molecule has 388 valence electrons. The summed E-state index contributed by atoms with van der Waals surface area (Å²) in [6.07, 6.45) is 67.8. The quantitative estimate of drug-likeness (QED) is 0.0213. The van der Waals surface area contributed by atoms with E-state index in [4.69, 9.17) is 18.5 Å². The topological polar surface area (TPSA) is 91.3 Å². The first-order valence-electron chi connectivity index (χ1n) is 27.3. The van der Waals surface area contributed by atoms with Crippen LogP contribution in [0.4, 0.5) is 0 Å². The molecule has 0 aromatic carbocycles. The summed E-state index contributed by atoms with van der Waals surface area (Å²) in [5, 5.41) is 0. The number of allylic oxidation sites excluding steroid dienone is 14. The van der Waals surface area contributed by atoms with Gasteiger partial charge in [0.05, 0.1) is 34.4 Å². The lowest BCUT2D eigenvalue weighted by Crippen LogP contribution is -2.37. The Bertz CT molecular complexity index is 1340. The third-order valence-electron chi connectivity index (χ3n) is 11.4. The van der Waals surface area contributed by atoms with Crippen LogP contribution in [0.2, 0.25) is 0 Å². The highest BCUT2D eigenvalue weighted by molar-refractivity contribution is 7.47. The first-order chi connectivity index (χ1) is 32.6. The van der Waals surface area contributed by atoms with Crippen LogP contribution in [0.5, 0.6) is 0 Å². The van der Waals surface area contributed by atoms with Crippen LogP contribution in [0.1, 0.15) is 219 Å². The molecular formula is C58H105NO7P+. The van der Waals surface area contributed by atoms with Crippen molar-refractivity contribution in [1.29, 1.82) is 0 Å². The van der Waals surface area contributed by atoms with Gasteiger partial charge in [-0.3, -0.25) is 13.8 Å². The molecule has 0 bridgehead atoms.